The molecule has 34 heavy (non-hydrogen) atoms. The Morgan fingerprint density at radius 3 is 2.62 bits per heavy atom. The van der Waals surface area contributed by atoms with Crippen molar-refractivity contribution in [2.75, 3.05) is 0 Å². The third-order valence-electron chi connectivity index (χ3n) is 5.62. The number of aliphatic imine (C=N–C) groups is 1. The van der Waals surface area contributed by atoms with Crippen LogP contribution in [0.4, 0.5) is 18.9 Å². The van der Waals surface area contributed by atoms with E-state index in [0.717, 1.165) is 34.6 Å². The predicted octanol–water partition coefficient (Wildman–Crippen LogP) is 5.23. The minimum atomic E-state index is -1.12. The fourth-order valence-corrected chi connectivity index (χ4v) is 3.93. The van der Waals surface area contributed by atoms with Crippen LogP contribution in [0.15, 0.2) is 66.0 Å². The molecule has 0 fully saturated rings. The molecule has 1 aliphatic rings. The van der Waals surface area contributed by atoms with E-state index in [1.54, 1.807) is 24.5 Å². The highest BCUT2D eigenvalue weighted by Crippen LogP contribution is 2.34. The van der Waals surface area contributed by atoms with Crippen LogP contribution in [-0.2, 0) is 19.3 Å². The number of hydrogen-bond donors (Lipinski definition) is 0. The number of ketones is 1. The van der Waals surface area contributed by atoms with Crippen molar-refractivity contribution < 1.29 is 18.0 Å². The van der Waals surface area contributed by atoms with E-state index in [-0.39, 0.29) is 17.5 Å². The van der Waals surface area contributed by atoms with Gasteiger partial charge in [-0.2, -0.15) is 0 Å². The maximum atomic E-state index is 14.5. The predicted molar refractivity (Wildman–Crippen MR) is 121 cm³/mol. The Hall–Kier alpha value is -4.20. The van der Waals surface area contributed by atoms with Gasteiger partial charge in [0.25, 0.3) is 0 Å². The van der Waals surface area contributed by atoms with Crippen LogP contribution in [0.1, 0.15) is 32.9 Å². The lowest BCUT2D eigenvalue weighted by Gasteiger charge is -2.11. The van der Waals surface area contributed by atoms with Crippen molar-refractivity contribution in [1.82, 2.24) is 15.0 Å². The van der Waals surface area contributed by atoms with Gasteiger partial charge in [0.05, 0.1) is 11.4 Å². The van der Waals surface area contributed by atoms with Gasteiger partial charge in [-0.15, -0.1) is 0 Å². The molecule has 168 valence electrons. The molecule has 0 saturated heterocycles. The highest BCUT2D eigenvalue weighted by molar-refractivity contribution is 5.97. The Balaban J connectivity index is 1.43. The van der Waals surface area contributed by atoms with Crippen LogP contribution in [0.2, 0.25) is 0 Å². The molecule has 8 heteroatoms. The zero-order valence-electron chi connectivity index (χ0n) is 17.8. The van der Waals surface area contributed by atoms with Crippen molar-refractivity contribution in [1.29, 1.82) is 0 Å². The van der Waals surface area contributed by atoms with Gasteiger partial charge in [-0.3, -0.25) is 14.8 Å². The lowest BCUT2D eigenvalue weighted by molar-refractivity contribution is 0.0991. The zero-order chi connectivity index (χ0) is 23.7. The normalized spacial score (nSPS) is 12.1. The Kier molecular flexibility index (Phi) is 5.71. The Bertz CT molecular complexity index is 1450. The van der Waals surface area contributed by atoms with Crippen LogP contribution in [0.3, 0.4) is 0 Å². The second kappa shape index (κ2) is 8.97. The summed E-state index contributed by atoms with van der Waals surface area (Å²) < 4.78 is 41.2. The average Bonchev–Trinajstić information content (AvgIpc) is 3.32. The van der Waals surface area contributed by atoms with E-state index < -0.39 is 23.2 Å². The summed E-state index contributed by atoms with van der Waals surface area (Å²) in [6.07, 6.45) is 5.68. The van der Waals surface area contributed by atoms with Gasteiger partial charge >= 0.3 is 0 Å². The molecular weight excluding hydrogens is 441 g/mol. The molecule has 0 bridgehead atoms. The van der Waals surface area contributed by atoms with E-state index in [1.807, 2.05) is 12.1 Å². The summed E-state index contributed by atoms with van der Waals surface area (Å²) in [5.74, 6) is -3.23. The van der Waals surface area contributed by atoms with Gasteiger partial charge in [-0.05, 0) is 47.5 Å². The van der Waals surface area contributed by atoms with Crippen molar-refractivity contribution in [3.05, 3.63) is 107 Å². The third-order valence-corrected chi connectivity index (χ3v) is 5.62. The molecule has 0 unspecified atom stereocenters. The maximum absolute atomic E-state index is 14.5. The molecule has 2 aromatic heterocycles. The smallest absolute Gasteiger partial charge is 0.167 e. The number of aromatic nitrogens is 3. The largest absolute Gasteiger partial charge is 0.294 e. The van der Waals surface area contributed by atoms with Crippen LogP contribution < -0.4 is 0 Å². The summed E-state index contributed by atoms with van der Waals surface area (Å²) in [5, 5.41) is 0. The second-order valence-corrected chi connectivity index (χ2v) is 7.86. The molecule has 4 aromatic rings. The van der Waals surface area contributed by atoms with Gasteiger partial charge in [0.2, 0.25) is 0 Å². The van der Waals surface area contributed by atoms with Crippen molar-refractivity contribution in [3.63, 3.8) is 0 Å². The second-order valence-electron chi connectivity index (χ2n) is 7.86. The van der Waals surface area contributed by atoms with E-state index in [4.69, 9.17) is 0 Å². The Morgan fingerprint density at radius 1 is 0.912 bits per heavy atom. The van der Waals surface area contributed by atoms with E-state index in [2.05, 4.69) is 19.9 Å². The van der Waals surface area contributed by atoms with E-state index in [9.17, 15) is 18.0 Å². The molecule has 0 atom stereocenters. The number of carbonyl (C=O) groups is 1. The number of pyridine rings is 1. The van der Waals surface area contributed by atoms with Crippen LogP contribution in [0, 0.1) is 17.5 Å². The molecule has 3 heterocycles. The minimum absolute atomic E-state index is 0.0195. The molecule has 2 aromatic carbocycles. The molecule has 0 radical (unpaired) electrons. The minimum Gasteiger partial charge on any atom is -0.294 e. The Labute approximate surface area is 193 Å². The Morgan fingerprint density at radius 2 is 1.76 bits per heavy atom. The summed E-state index contributed by atoms with van der Waals surface area (Å²) >= 11 is 0. The first kappa shape index (κ1) is 21.6. The monoisotopic (exact) mass is 458 g/mol. The summed E-state index contributed by atoms with van der Waals surface area (Å²) in [7, 11) is 0. The topological polar surface area (TPSA) is 68.1 Å². The SMILES string of the molecule is O=C(Cc1cc(Cc2ncccc2-c2ncnc3c2N=CC3)ccc1F)c1ccc(F)c(F)c1. The fourth-order valence-electron chi connectivity index (χ4n) is 3.93. The van der Waals surface area contributed by atoms with Crippen molar-refractivity contribution in [3.8, 4) is 11.3 Å². The number of Topliss-reactive ketones (excluding diaryl/α,β-unsaturated/α-hetero) is 1. The summed E-state index contributed by atoms with van der Waals surface area (Å²) in [4.78, 5) is 30.1. The van der Waals surface area contributed by atoms with E-state index in [0.29, 0.717) is 24.2 Å². The van der Waals surface area contributed by atoms with E-state index in [1.165, 1.54) is 18.5 Å². The number of rotatable bonds is 6. The first-order chi connectivity index (χ1) is 16.5. The van der Waals surface area contributed by atoms with Crippen molar-refractivity contribution >= 4 is 17.7 Å². The van der Waals surface area contributed by atoms with Gasteiger partial charge in [0.15, 0.2) is 17.4 Å². The summed E-state index contributed by atoms with van der Waals surface area (Å²) in [6, 6.07) is 11.1. The number of carbonyl (C=O) groups excluding carboxylic acids is 1. The third kappa shape index (κ3) is 4.22. The molecule has 0 N–H and O–H groups in total. The lowest BCUT2D eigenvalue weighted by Crippen LogP contribution is -2.07. The number of hydrogen-bond acceptors (Lipinski definition) is 5. The number of nitrogens with zero attached hydrogens (tertiary/aromatic N) is 4. The standard InChI is InChI=1S/C26H17F3N4O/c27-19-5-3-15(10-17(19)13-24(34)16-4-6-20(28)21(29)12-16)11-23-18(2-1-8-30-23)25-26-22(7-9-31-26)32-14-33-25/h1-6,8-10,12,14H,7,11,13H2. The fraction of sp³-hybridized carbons (Fsp3) is 0.115. The first-order valence-corrected chi connectivity index (χ1v) is 10.6. The quantitative estimate of drug-likeness (QED) is 0.371. The van der Waals surface area contributed by atoms with Gasteiger partial charge in [-0.25, -0.2) is 23.1 Å². The summed E-state index contributed by atoms with van der Waals surface area (Å²) in [6.45, 7) is 0. The van der Waals surface area contributed by atoms with Crippen LogP contribution in [0.25, 0.3) is 11.3 Å². The van der Waals surface area contributed by atoms with Gasteiger partial charge < -0.3 is 0 Å². The highest BCUT2D eigenvalue weighted by atomic mass is 19.2. The maximum Gasteiger partial charge on any atom is 0.167 e. The van der Waals surface area contributed by atoms with Crippen molar-refractivity contribution in [2.45, 2.75) is 19.3 Å². The first-order valence-electron chi connectivity index (χ1n) is 10.6. The van der Waals surface area contributed by atoms with Gasteiger partial charge in [0, 0.05) is 42.8 Å². The number of fused-ring (bicyclic) bond motifs is 1. The molecular formula is C26H17F3N4O. The molecule has 5 rings (SSSR count). The van der Waals surface area contributed by atoms with Crippen molar-refractivity contribution in [2.24, 2.45) is 4.99 Å². The van der Waals surface area contributed by atoms with Crippen LogP contribution in [0.5, 0.6) is 0 Å². The molecule has 0 aliphatic carbocycles. The molecule has 5 nitrogen and oxygen atoms in total. The van der Waals surface area contributed by atoms with Crippen LogP contribution >= 0.6 is 0 Å². The van der Waals surface area contributed by atoms with Gasteiger partial charge in [0.1, 0.15) is 23.5 Å². The number of halogens is 3. The van der Waals surface area contributed by atoms with E-state index >= 15 is 0 Å². The van der Waals surface area contributed by atoms with Gasteiger partial charge in [-0.1, -0.05) is 12.1 Å². The average molecular weight is 458 g/mol. The summed E-state index contributed by atoms with van der Waals surface area (Å²) in [5.41, 5.74) is 4.64. The highest BCUT2D eigenvalue weighted by Gasteiger charge is 2.19. The van der Waals surface area contributed by atoms with Crippen LogP contribution in [-0.4, -0.2) is 26.9 Å². The number of benzene rings is 2. The molecule has 1 aliphatic heterocycles. The molecule has 0 spiro atoms. The lowest BCUT2D eigenvalue weighted by atomic mass is 9.97. The zero-order valence-corrected chi connectivity index (χ0v) is 17.8. The molecule has 0 saturated carbocycles. The molecule has 0 amide bonds.